The van der Waals surface area contributed by atoms with Gasteiger partial charge in [-0.05, 0) is 26.8 Å². The zero-order valence-electron chi connectivity index (χ0n) is 8.58. The van der Waals surface area contributed by atoms with E-state index in [0.717, 1.165) is 25.2 Å². The molecule has 1 heterocycles. The van der Waals surface area contributed by atoms with Crippen LogP contribution in [0.4, 0.5) is 0 Å². The highest BCUT2D eigenvalue weighted by atomic mass is 35.5. The molecule has 0 aromatic carbocycles. The summed E-state index contributed by atoms with van der Waals surface area (Å²) in [5, 5.41) is 7.19. The zero-order chi connectivity index (χ0) is 9.03. The minimum Gasteiger partial charge on any atom is -0.396 e. The maximum atomic E-state index is 6.01. The zero-order valence-corrected chi connectivity index (χ0v) is 10.2. The molecule has 1 fully saturated rings. The van der Waals surface area contributed by atoms with Crippen LogP contribution in [0.3, 0.4) is 0 Å². The number of hydrogen-bond donors (Lipinski definition) is 2. The first-order valence-electron chi connectivity index (χ1n) is 4.35. The van der Waals surface area contributed by atoms with Crippen LogP contribution in [0.2, 0.25) is 0 Å². The predicted octanol–water partition coefficient (Wildman–Crippen LogP) is 0.933. The topological polar surface area (TPSA) is 59.6 Å². The molecule has 14 heavy (non-hydrogen) atoms. The number of nitrogens with two attached hydrogens (primary N) is 1. The van der Waals surface area contributed by atoms with E-state index >= 15 is 0 Å². The highest BCUT2D eigenvalue weighted by Crippen LogP contribution is 2.11. The van der Waals surface area contributed by atoms with Gasteiger partial charge in [0.15, 0.2) is 0 Å². The lowest BCUT2D eigenvalue weighted by Gasteiger charge is -2.30. The van der Waals surface area contributed by atoms with Crippen LogP contribution in [0.15, 0.2) is 5.16 Å². The third kappa shape index (κ3) is 4.46. The Morgan fingerprint density at radius 1 is 1.57 bits per heavy atom. The van der Waals surface area contributed by atoms with E-state index in [0.29, 0.717) is 6.61 Å². The van der Waals surface area contributed by atoms with Gasteiger partial charge in [-0.3, -0.25) is 0 Å². The summed E-state index contributed by atoms with van der Waals surface area (Å²) in [6.45, 7) is 6.20. The number of halogens is 2. The van der Waals surface area contributed by atoms with E-state index in [4.69, 9.17) is 10.6 Å². The summed E-state index contributed by atoms with van der Waals surface area (Å²) in [4.78, 5) is 4.98. The lowest BCUT2D eigenvalue weighted by Crippen LogP contribution is -2.55. The van der Waals surface area contributed by atoms with Crippen LogP contribution in [0.5, 0.6) is 0 Å². The first kappa shape index (κ1) is 16.4. The smallest absolute Gasteiger partial charge is 0.114 e. The van der Waals surface area contributed by atoms with Crippen LogP contribution < -0.4 is 11.1 Å². The average molecular weight is 244 g/mol. The van der Waals surface area contributed by atoms with Crippen molar-refractivity contribution in [1.82, 2.24) is 5.32 Å². The molecule has 1 aliphatic rings. The summed E-state index contributed by atoms with van der Waals surface area (Å²) < 4.78 is 0. The average Bonchev–Trinajstić information content (AvgIpc) is 2.02. The molecule has 1 saturated heterocycles. The van der Waals surface area contributed by atoms with E-state index in [1.54, 1.807) is 0 Å². The van der Waals surface area contributed by atoms with Gasteiger partial charge in [-0.15, -0.1) is 24.8 Å². The molecule has 6 heteroatoms. The molecule has 0 bridgehead atoms. The molecule has 1 unspecified atom stereocenters. The van der Waals surface area contributed by atoms with Crippen molar-refractivity contribution >= 4 is 30.5 Å². The molecule has 4 nitrogen and oxygen atoms in total. The van der Waals surface area contributed by atoms with Gasteiger partial charge < -0.3 is 15.9 Å². The Balaban J connectivity index is 0. The van der Waals surface area contributed by atoms with Gasteiger partial charge in [0.2, 0.25) is 0 Å². The molecule has 1 aliphatic heterocycles. The summed E-state index contributed by atoms with van der Waals surface area (Å²) in [7, 11) is 0. The SMILES string of the molecule is CCO/N=C1\CNCCC1(C)N.Cl.Cl. The van der Waals surface area contributed by atoms with Gasteiger partial charge in [0.25, 0.3) is 0 Å². The molecule has 0 saturated carbocycles. The van der Waals surface area contributed by atoms with Crippen LogP contribution in [-0.2, 0) is 4.84 Å². The predicted molar refractivity (Wildman–Crippen MR) is 63.6 cm³/mol. The van der Waals surface area contributed by atoms with Crippen LogP contribution in [0.1, 0.15) is 20.3 Å². The third-order valence-electron chi connectivity index (χ3n) is 2.08. The largest absolute Gasteiger partial charge is 0.396 e. The Kier molecular flexibility index (Phi) is 8.54. The monoisotopic (exact) mass is 243 g/mol. The van der Waals surface area contributed by atoms with E-state index < -0.39 is 0 Å². The highest BCUT2D eigenvalue weighted by molar-refractivity contribution is 5.94. The molecule has 3 N–H and O–H groups in total. The molecule has 0 spiro atoms. The number of oxime groups is 1. The molecule has 0 aliphatic carbocycles. The molecule has 0 radical (unpaired) electrons. The fraction of sp³-hybridized carbons (Fsp3) is 0.875. The van der Waals surface area contributed by atoms with E-state index in [9.17, 15) is 0 Å². The molecule has 86 valence electrons. The van der Waals surface area contributed by atoms with Crippen molar-refractivity contribution in [3.05, 3.63) is 0 Å². The number of nitrogens with one attached hydrogen (secondary N) is 1. The second kappa shape index (κ2) is 7.29. The van der Waals surface area contributed by atoms with E-state index in [1.165, 1.54) is 0 Å². The first-order valence-corrected chi connectivity index (χ1v) is 4.35. The number of nitrogens with zero attached hydrogens (tertiary/aromatic N) is 1. The van der Waals surface area contributed by atoms with Crippen LogP contribution >= 0.6 is 24.8 Å². The standard InChI is InChI=1S/C8H17N3O.2ClH/c1-3-12-11-7-6-10-5-4-8(7,2)9;;/h10H,3-6,9H2,1-2H3;2*1H/b11-7+;;. The van der Waals surface area contributed by atoms with Crippen LogP contribution in [0, 0.1) is 0 Å². The molecule has 0 amide bonds. The van der Waals surface area contributed by atoms with Gasteiger partial charge in [-0.25, -0.2) is 0 Å². The van der Waals surface area contributed by atoms with E-state index in [2.05, 4.69) is 10.5 Å². The molecular weight excluding hydrogens is 225 g/mol. The van der Waals surface area contributed by atoms with Crippen LogP contribution in [0.25, 0.3) is 0 Å². The Morgan fingerprint density at radius 2 is 2.21 bits per heavy atom. The fourth-order valence-corrected chi connectivity index (χ4v) is 1.18. The summed E-state index contributed by atoms with van der Waals surface area (Å²) in [5.74, 6) is 0. The van der Waals surface area contributed by atoms with Gasteiger partial charge in [0.05, 0.1) is 11.3 Å². The van der Waals surface area contributed by atoms with Crippen molar-refractivity contribution < 1.29 is 4.84 Å². The van der Waals surface area contributed by atoms with Gasteiger partial charge in [-0.1, -0.05) is 5.16 Å². The van der Waals surface area contributed by atoms with Crippen molar-refractivity contribution in [2.75, 3.05) is 19.7 Å². The molecular formula is C8H19Cl2N3O. The quantitative estimate of drug-likeness (QED) is 0.710. The normalized spacial score (nSPS) is 28.9. The van der Waals surface area contributed by atoms with E-state index in [-0.39, 0.29) is 30.4 Å². The minimum atomic E-state index is -0.291. The highest BCUT2D eigenvalue weighted by Gasteiger charge is 2.29. The summed E-state index contributed by atoms with van der Waals surface area (Å²) in [6, 6.07) is 0. The maximum absolute atomic E-state index is 6.01. The Hall–Kier alpha value is -0.0300. The number of hydrogen-bond acceptors (Lipinski definition) is 4. The lowest BCUT2D eigenvalue weighted by atomic mass is 9.90. The summed E-state index contributed by atoms with van der Waals surface area (Å²) in [5.41, 5.74) is 6.63. The van der Waals surface area contributed by atoms with Crippen LogP contribution in [-0.4, -0.2) is 30.9 Å². The first-order chi connectivity index (χ1) is 5.67. The van der Waals surface area contributed by atoms with Crippen molar-refractivity contribution in [3.63, 3.8) is 0 Å². The molecule has 0 aromatic rings. The van der Waals surface area contributed by atoms with Crippen molar-refractivity contribution in [2.45, 2.75) is 25.8 Å². The van der Waals surface area contributed by atoms with Gasteiger partial charge in [-0.2, -0.15) is 0 Å². The van der Waals surface area contributed by atoms with Crippen molar-refractivity contribution in [3.8, 4) is 0 Å². The fourth-order valence-electron chi connectivity index (χ4n) is 1.18. The lowest BCUT2D eigenvalue weighted by molar-refractivity contribution is 0.155. The maximum Gasteiger partial charge on any atom is 0.114 e. The Bertz CT molecular complexity index is 185. The third-order valence-corrected chi connectivity index (χ3v) is 2.08. The summed E-state index contributed by atoms with van der Waals surface area (Å²) >= 11 is 0. The van der Waals surface area contributed by atoms with Gasteiger partial charge >= 0.3 is 0 Å². The summed E-state index contributed by atoms with van der Waals surface area (Å²) in [6.07, 6.45) is 0.916. The number of rotatable bonds is 2. The Morgan fingerprint density at radius 3 is 2.71 bits per heavy atom. The van der Waals surface area contributed by atoms with Crippen molar-refractivity contribution in [2.24, 2.45) is 10.9 Å². The van der Waals surface area contributed by atoms with E-state index in [1.807, 2.05) is 13.8 Å². The van der Waals surface area contributed by atoms with Gasteiger partial charge in [0, 0.05) is 6.54 Å². The Labute approximate surface area is 97.4 Å². The second-order valence-electron chi connectivity index (χ2n) is 3.30. The minimum absolute atomic E-state index is 0. The van der Waals surface area contributed by atoms with Crippen molar-refractivity contribution in [1.29, 1.82) is 0 Å². The van der Waals surface area contributed by atoms with Gasteiger partial charge in [0.1, 0.15) is 6.61 Å². The molecule has 1 atom stereocenters. The second-order valence-corrected chi connectivity index (χ2v) is 3.30. The number of piperidine rings is 1. The molecule has 0 aromatic heterocycles. The molecule has 1 rings (SSSR count).